The molecule has 88 valence electrons. The van der Waals surface area contributed by atoms with Gasteiger partial charge in [-0.15, -0.1) is 0 Å². The first-order valence-electron chi connectivity index (χ1n) is 6.15. The van der Waals surface area contributed by atoms with Gasteiger partial charge in [0.1, 0.15) is 0 Å². The maximum Gasteiger partial charge on any atom is 0.223 e. The molecule has 1 aliphatic carbocycles. The Balaban J connectivity index is 2.21. The van der Waals surface area contributed by atoms with Crippen LogP contribution in [0.15, 0.2) is 0 Å². The van der Waals surface area contributed by atoms with Crippen LogP contribution in [-0.4, -0.2) is 23.7 Å². The van der Waals surface area contributed by atoms with E-state index in [1.165, 1.54) is 19.3 Å². The van der Waals surface area contributed by atoms with Crippen molar-refractivity contribution in [2.45, 2.75) is 57.9 Å². The quantitative estimate of drug-likeness (QED) is 0.732. The molecule has 0 aromatic rings. The Morgan fingerprint density at radius 1 is 1.40 bits per heavy atom. The van der Waals surface area contributed by atoms with Gasteiger partial charge in [0, 0.05) is 18.6 Å². The zero-order valence-corrected chi connectivity index (χ0v) is 9.67. The van der Waals surface area contributed by atoms with Gasteiger partial charge in [-0.2, -0.15) is 0 Å². The van der Waals surface area contributed by atoms with Crippen LogP contribution in [0.5, 0.6) is 0 Å². The van der Waals surface area contributed by atoms with E-state index in [0.29, 0.717) is 0 Å². The van der Waals surface area contributed by atoms with Crippen molar-refractivity contribution in [1.29, 1.82) is 0 Å². The van der Waals surface area contributed by atoms with Gasteiger partial charge in [0.15, 0.2) is 0 Å². The summed E-state index contributed by atoms with van der Waals surface area (Å²) in [6, 6.07) is 0.201. The van der Waals surface area contributed by atoms with Crippen molar-refractivity contribution in [3.8, 4) is 0 Å². The summed E-state index contributed by atoms with van der Waals surface area (Å²) in [5.41, 5.74) is 0. The topological polar surface area (TPSA) is 49.3 Å². The summed E-state index contributed by atoms with van der Waals surface area (Å²) in [5.74, 6) is 0.468. The molecule has 3 heteroatoms. The molecule has 0 radical (unpaired) electrons. The molecule has 15 heavy (non-hydrogen) atoms. The highest BCUT2D eigenvalue weighted by Gasteiger charge is 2.21. The molecule has 1 fully saturated rings. The SMILES string of the molecule is CC(CCCO)NC(=O)C1CCCCC1. The second-order valence-electron chi connectivity index (χ2n) is 4.61. The third-order valence-electron chi connectivity index (χ3n) is 3.16. The molecule has 1 amide bonds. The Kier molecular flexibility index (Phi) is 5.69. The summed E-state index contributed by atoms with van der Waals surface area (Å²) in [4.78, 5) is 11.8. The van der Waals surface area contributed by atoms with E-state index in [1.807, 2.05) is 6.92 Å². The van der Waals surface area contributed by atoms with E-state index in [-0.39, 0.29) is 24.5 Å². The number of amides is 1. The lowest BCUT2D eigenvalue weighted by molar-refractivity contribution is -0.126. The van der Waals surface area contributed by atoms with E-state index in [4.69, 9.17) is 5.11 Å². The third kappa shape index (κ3) is 4.65. The van der Waals surface area contributed by atoms with Gasteiger partial charge < -0.3 is 10.4 Å². The fraction of sp³-hybridized carbons (Fsp3) is 0.917. The first-order chi connectivity index (χ1) is 7.24. The van der Waals surface area contributed by atoms with Gasteiger partial charge in [0.2, 0.25) is 5.91 Å². The first-order valence-corrected chi connectivity index (χ1v) is 6.15. The zero-order chi connectivity index (χ0) is 11.1. The Morgan fingerprint density at radius 3 is 2.67 bits per heavy atom. The van der Waals surface area contributed by atoms with Crippen LogP contribution >= 0.6 is 0 Å². The number of nitrogens with one attached hydrogen (secondary N) is 1. The molecule has 0 bridgehead atoms. The van der Waals surface area contributed by atoms with Crippen LogP contribution < -0.4 is 5.32 Å². The van der Waals surface area contributed by atoms with Crippen LogP contribution in [0, 0.1) is 5.92 Å². The molecule has 2 N–H and O–H groups in total. The summed E-state index contributed by atoms with van der Waals surface area (Å²) in [6.45, 7) is 2.22. The van der Waals surface area contributed by atoms with E-state index >= 15 is 0 Å². The molecule has 1 aliphatic rings. The first kappa shape index (κ1) is 12.5. The van der Waals surface area contributed by atoms with Gasteiger partial charge in [-0.3, -0.25) is 4.79 Å². The van der Waals surface area contributed by atoms with Gasteiger partial charge in [-0.05, 0) is 32.6 Å². The molecule has 0 aromatic carbocycles. The van der Waals surface area contributed by atoms with Crippen LogP contribution in [0.2, 0.25) is 0 Å². The highest BCUT2D eigenvalue weighted by atomic mass is 16.2. The molecule has 0 aliphatic heterocycles. The number of rotatable bonds is 5. The number of aliphatic hydroxyl groups excluding tert-OH is 1. The zero-order valence-electron chi connectivity index (χ0n) is 9.67. The van der Waals surface area contributed by atoms with E-state index in [0.717, 1.165) is 25.7 Å². The van der Waals surface area contributed by atoms with Crippen LogP contribution in [0.25, 0.3) is 0 Å². The standard InChI is InChI=1S/C12H23NO2/c1-10(6-5-9-14)13-12(15)11-7-3-2-4-8-11/h10-11,14H,2-9H2,1H3,(H,13,15). The molecule has 1 rings (SSSR count). The number of carbonyl (C=O) groups excluding carboxylic acids is 1. The van der Waals surface area contributed by atoms with Crippen molar-refractivity contribution in [3.05, 3.63) is 0 Å². The van der Waals surface area contributed by atoms with Gasteiger partial charge in [-0.25, -0.2) is 0 Å². The Hall–Kier alpha value is -0.570. The summed E-state index contributed by atoms with van der Waals surface area (Å²) in [6.07, 6.45) is 7.42. The highest BCUT2D eigenvalue weighted by molar-refractivity contribution is 5.78. The van der Waals surface area contributed by atoms with Crippen LogP contribution in [0.1, 0.15) is 51.9 Å². The monoisotopic (exact) mass is 213 g/mol. The van der Waals surface area contributed by atoms with Crippen molar-refractivity contribution >= 4 is 5.91 Å². The van der Waals surface area contributed by atoms with Crippen LogP contribution in [-0.2, 0) is 4.79 Å². The molecule has 0 aromatic heterocycles. The summed E-state index contributed by atoms with van der Waals surface area (Å²) < 4.78 is 0. The number of hydrogen-bond donors (Lipinski definition) is 2. The average molecular weight is 213 g/mol. The Morgan fingerprint density at radius 2 is 2.07 bits per heavy atom. The minimum atomic E-state index is 0.201. The minimum absolute atomic E-state index is 0.201. The molecule has 0 spiro atoms. The Labute approximate surface area is 92.3 Å². The molecule has 1 saturated carbocycles. The lowest BCUT2D eigenvalue weighted by Crippen LogP contribution is -2.38. The molecular weight excluding hydrogens is 190 g/mol. The lowest BCUT2D eigenvalue weighted by atomic mass is 9.88. The third-order valence-corrected chi connectivity index (χ3v) is 3.16. The van der Waals surface area contributed by atoms with Gasteiger partial charge in [0.05, 0.1) is 0 Å². The van der Waals surface area contributed by atoms with Crippen molar-refractivity contribution in [1.82, 2.24) is 5.32 Å². The summed E-state index contributed by atoms with van der Waals surface area (Å²) >= 11 is 0. The largest absolute Gasteiger partial charge is 0.396 e. The van der Waals surface area contributed by atoms with E-state index in [1.54, 1.807) is 0 Å². The van der Waals surface area contributed by atoms with E-state index < -0.39 is 0 Å². The van der Waals surface area contributed by atoms with E-state index in [9.17, 15) is 4.79 Å². The minimum Gasteiger partial charge on any atom is -0.396 e. The molecular formula is C12H23NO2. The van der Waals surface area contributed by atoms with E-state index in [2.05, 4.69) is 5.32 Å². The van der Waals surface area contributed by atoms with Crippen molar-refractivity contribution in [2.75, 3.05) is 6.61 Å². The smallest absolute Gasteiger partial charge is 0.223 e. The van der Waals surface area contributed by atoms with Crippen LogP contribution in [0.4, 0.5) is 0 Å². The van der Waals surface area contributed by atoms with Crippen LogP contribution in [0.3, 0.4) is 0 Å². The fourth-order valence-electron chi connectivity index (χ4n) is 2.20. The summed E-state index contributed by atoms with van der Waals surface area (Å²) in [7, 11) is 0. The highest BCUT2D eigenvalue weighted by Crippen LogP contribution is 2.23. The second kappa shape index (κ2) is 6.83. The molecule has 1 unspecified atom stereocenters. The number of hydrogen-bond acceptors (Lipinski definition) is 2. The van der Waals surface area contributed by atoms with Crippen molar-refractivity contribution in [3.63, 3.8) is 0 Å². The average Bonchev–Trinajstić information content (AvgIpc) is 2.27. The van der Waals surface area contributed by atoms with Crippen molar-refractivity contribution < 1.29 is 9.90 Å². The molecule has 1 atom stereocenters. The second-order valence-corrected chi connectivity index (χ2v) is 4.61. The normalized spacial score (nSPS) is 19.9. The van der Waals surface area contributed by atoms with Gasteiger partial charge >= 0.3 is 0 Å². The maximum absolute atomic E-state index is 11.8. The maximum atomic E-state index is 11.8. The molecule has 0 saturated heterocycles. The fourth-order valence-corrected chi connectivity index (χ4v) is 2.20. The predicted molar refractivity (Wildman–Crippen MR) is 60.5 cm³/mol. The van der Waals surface area contributed by atoms with Gasteiger partial charge in [0.25, 0.3) is 0 Å². The Bertz CT molecular complexity index is 188. The van der Waals surface area contributed by atoms with Crippen molar-refractivity contribution in [2.24, 2.45) is 5.92 Å². The number of aliphatic hydroxyl groups is 1. The molecule has 0 heterocycles. The number of carbonyl (C=O) groups is 1. The predicted octanol–water partition coefficient (Wildman–Crippen LogP) is 1.84. The summed E-state index contributed by atoms with van der Waals surface area (Å²) in [5, 5.41) is 11.7. The molecule has 3 nitrogen and oxygen atoms in total. The lowest BCUT2D eigenvalue weighted by Gasteiger charge is -2.23. The van der Waals surface area contributed by atoms with Gasteiger partial charge in [-0.1, -0.05) is 19.3 Å².